The van der Waals surface area contributed by atoms with E-state index >= 15 is 0 Å². The summed E-state index contributed by atoms with van der Waals surface area (Å²) >= 11 is 1.61. The van der Waals surface area contributed by atoms with E-state index in [2.05, 4.69) is 15.3 Å². The number of thiazole rings is 1. The molecule has 1 N–H and O–H groups in total. The average molecular weight is 358 g/mol. The van der Waals surface area contributed by atoms with Crippen LogP contribution in [0.3, 0.4) is 0 Å². The van der Waals surface area contributed by atoms with Crippen LogP contribution in [-0.4, -0.2) is 33.2 Å². The third-order valence-electron chi connectivity index (χ3n) is 4.44. The lowest BCUT2D eigenvalue weighted by Crippen LogP contribution is -2.45. The number of amides is 2. The van der Waals surface area contributed by atoms with Gasteiger partial charge in [0.1, 0.15) is 5.01 Å². The molecule has 6 nitrogen and oxygen atoms in total. The minimum Gasteiger partial charge on any atom is -0.349 e. The van der Waals surface area contributed by atoms with E-state index in [0.29, 0.717) is 32.5 Å². The van der Waals surface area contributed by atoms with E-state index in [-0.39, 0.29) is 17.7 Å². The molecule has 0 aromatic carbocycles. The number of carbonyl (C=O) groups is 2. The van der Waals surface area contributed by atoms with E-state index in [9.17, 15) is 9.59 Å². The minimum atomic E-state index is -0.177. The highest BCUT2D eigenvalue weighted by molar-refractivity contribution is 7.11. The van der Waals surface area contributed by atoms with Gasteiger partial charge in [-0.1, -0.05) is 6.07 Å². The summed E-state index contributed by atoms with van der Waals surface area (Å²) in [4.78, 5) is 36.2. The van der Waals surface area contributed by atoms with Crippen LogP contribution in [0.2, 0.25) is 0 Å². The van der Waals surface area contributed by atoms with Gasteiger partial charge in [-0.05, 0) is 32.4 Å². The molecule has 132 valence electrons. The van der Waals surface area contributed by atoms with E-state index in [0.717, 1.165) is 16.4 Å². The van der Waals surface area contributed by atoms with Crippen molar-refractivity contribution < 1.29 is 9.59 Å². The van der Waals surface area contributed by atoms with Crippen molar-refractivity contribution in [3.05, 3.63) is 45.7 Å². The summed E-state index contributed by atoms with van der Waals surface area (Å²) in [6, 6.07) is 5.64. The third kappa shape index (κ3) is 4.42. The molecule has 1 aliphatic heterocycles. The van der Waals surface area contributed by atoms with Crippen molar-refractivity contribution in [1.82, 2.24) is 20.2 Å². The van der Waals surface area contributed by atoms with Crippen molar-refractivity contribution in [1.29, 1.82) is 0 Å². The van der Waals surface area contributed by atoms with Crippen LogP contribution in [0.1, 0.15) is 34.1 Å². The van der Waals surface area contributed by atoms with Crippen molar-refractivity contribution in [2.24, 2.45) is 5.92 Å². The molecule has 25 heavy (non-hydrogen) atoms. The molecule has 0 saturated carbocycles. The van der Waals surface area contributed by atoms with Gasteiger partial charge in [0.2, 0.25) is 11.8 Å². The zero-order valence-electron chi connectivity index (χ0n) is 14.5. The van der Waals surface area contributed by atoms with E-state index < -0.39 is 0 Å². The van der Waals surface area contributed by atoms with Crippen molar-refractivity contribution in [3.8, 4) is 0 Å². The molecular weight excluding hydrogens is 336 g/mol. The second-order valence-corrected chi connectivity index (χ2v) is 7.59. The van der Waals surface area contributed by atoms with Gasteiger partial charge in [-0.2, -0.15) is 0 Å². The van der Waals surface area contributed by atoms with Crippen LogP contribution in [0.25, 0.3) is 0 Å². The molecule has 0 aliphatic carbocycles. The number of rotatable bonds is 5. The monoisotopic (exact) mass is 358 g/mol. The molecular formula is C18H22N4O2S. The Morgan fingerprint density at radius 3 is 2.92 bits per heavy atom. The predicted octanol–water partition coefficient (Wildman–Crippen LogP) is 2.21. The highest BCUT2D eigenvalue weighted by Crippen LogP contribution is 2.20. The molecule has 0 radical (unpaired) electrons. The minimum absolute atomic E-state index is 0.0102. The highest BCUT2D eigenvalue weighted by atomic mass is 32.1. The number of aromatic nitrogens is 2. The topological polar surface area (TPSA) is 75.2 Å². The van der Waals surface area contributed by atoms with Crippen molar-refractivity contribution in [2.75, 3.05) is 6.54 Å². The van der Waals surface area contributed by atoms with Crippen LogP contribution in [0, 0.1) is 19.8 Å². The molecule has 2 aromatic heterocycles. The molecule has 1 aliphatic rings. The lowest BCUT2D eigenvalue weighted by Gasteiger charge is -2.31. The Morgan fingerprint density at radius 2 is 2.24 bits per heavy atom. The Balaban J connectivity index is 1.56. The molecule has 2 aromatic rings. The van der Waals surface area contributed by atoms with Crippen LogP contribution in [-0.2, 0) is 22.7 Å². The van der Waals surface area contributed by atoms with Crippen molar-refractivity contribution in [2.45, 2.75) is 39.8 Å². The molecule has 1 atom stereocenters. The standard InChI is InChI=1S/C18H22N4O2S/c1-12-13(2)25-16(21-12)9-20-18(24)14-6-7-17(23)22(10-14)11-15-5-3-4-8-19-15/h3-5,8,14H,6-7,9-11H2,1-2H3,(H,20,24)/t14-/m0/s1. The van der Waals surface area contributed by atoms with Gasteiger partial charge in [0.25, 0.3) is 0 Å². The second-order valence-electron chi connectivity index (χ2n) is 6.30. The van der Waals surface area contributed by atoms with E-state index in [1.165, 1.54) is 4.88 Å². The number of aryl methyl sites for hydroxylation is 2. The first-order valence-electron chi connectivity index (χ1n) is 8.41. The predicted molar refractivity (Wildman–Crippen MR) is 95.8 cm³/mol. The molecule has 3 heterocycles. The number of pyridine rings is 1. The van der Waals surface area contributed by atoms with E-state index in [4.69, 9.17) is 0 Å². The summed E-state index contributed by atoms with van der Waals surface area (Å²) in [5.74, 6) is -0.103. The van der Waals surface area contributed by atoms with Crippen LogP contribution >= 0.6 is 11.3 Å². The second kappa shape index (κ2) is 7.74. The number of carbonyl (C=O) groups excluding carboxylic acids is 2. The lowest BCUT2D eigenvalue weighted by molar-refractivity contribution is -0.139. The van der Waals surface area contributed by atoms with Crippen LogP contribution < -0.4 is 5.32 Å². The Morgan fingerprint density at radius 1 is 1.40 bits per heavy atom. The summed E-state index contributed by atoms with van der Waals surface area (Å²) < 4.78 is 0. The van der Waals surface area contributed by atoms with Gasteiger partial charge in [0.05, 0.1) is 30.4 Å². The Bertz CT molecular complexity index is 740. The smallest absolute Gasteiger partial charge is 0.225 e. The maximum absolute atomic E-state index is 12.5. The average Bonchev–Trinajstić information content (AvgIpc) is 2.93. The summed E-state index contributed by atoms with van der Waals surface area (Å²) in [5, 5.41) is 3.88. The molecule has 3 rings (SSSR count). The van der Waals surface area contributed by atoms with Gasteiger partial charge in [0.15, 0.2) is 0 Å². The zero-order chi connectivity index (χ0) is 17.8. The fourth-order valence-corrected chi connectivity index (χ4v) is 3.76. The summed E-state index contributed by atoms with van der Waals surface area (Å²) in [7, 11) is 0. The maximum Gasteiger partial charge on any atom is 0.225 e. The first kappa shape index (κ1) is 17.5. The Labute approximate surface area is 151 Å². The summed E-state index contributed by atoms with van der Waals surface area (Å²) in [6.07, 6.45) is 2.71. The summed E-state index contributed by atoms with van der Waals surface area (Å²) in [6.45, 7) is 5.34. The quantitative estimate of drug-likeness (QED) is 0.889. The number of hydrogen-bond acceptors (Lipinski definition) is 5. The fraction of sp³-hybridized carbons (Fsp3) is 0.444. The molecule has 0 spiro atoms. The van der Waals surface area contributed by atoms with Gasteiger partial charge in [-0.3, -0.25) is 14.6 Å². The molecule has 1 fully saturated rings. The summed E-state index contributed by atoms with van der Waals surface area (Å²) in [5.41, 5.74) is 1.85. The van der Waals surface area contributed by atoms with Gasteiger partial charge < -0.3 is 10.2 Å². The van der Waals surface area contributed by atoms with E-state index in [1.807, 2.05) is 32.0 Å². The molecule has 1 saturated heterocycles. The largest absolute Gasteiger partial charge is 0.349 e. The number of hydrogen-bond donors (Lipinski definition) is 1. The first-order chi connectivity index (χ1) is 12.0. The maximum atomic E-state index is 12.5. The van der Waals surface area contributed by atoms with Crippen LogP contribution in [0.4, 0.5) is 0 Å². The number of piperidine rings is 1. The highest BCUT2D eigenvalue weighted by Gasteiger charge is 2.30. The van der Waals surface area contributed by atoms with E-state index in [1.54, 1.807) is 22.4 Å². The normalized spacial score (nSPS) is 17.6. The van der Waals surface area contributed by atoms with Gasteiger partial charge in [-0.15, -0.1) is 11.3 Å². The first-order valence-corrected chi connectivity index (χ1v) is 9.23. The number of likely N-dealkylation sites (tertiary alicyclic amines) is 1. The van der Waals surface area contributed by atoms with Gasteiger partial charge in [-0.25, -0.2) is 4.98 Å². The zero-order valence-corrected chi connectivity index (χ0v) is 15.3. The van der Waals surface area contributed by atoms with Crippen molar-refractivity contribution in [3.63, 3.8) is 0 Å². The Kier molecular flexibility index (Phi) is 5.43. The van der Waals surface area contributed by atoms with Crippen molar-refractivity contribution >= 4 is 23.2 Å². The number of nitrogens with one attached hydrogen (secondary N) is 1. The molecule has 0 unspecified atom stereocenters. The van der Waals surface area contributed by atoms with Crippen LogP contribution in [0.5, 0.6) is 0 Å². The lowest BCUT2D eigenvalue weighted by atomic mass is 9.96. The number of nitrogens with zero attached hydrogens (tertiary/aromatic N) is 3. The molecule has 7 heteroatoms. The van der Waals surface area contributed by atoms with Gasteiger partial charge in [0, 0.05) is 24.0 Å². The Hall–Kier alpha value is -2.28. The molecule has 0 bridgehead atoms. The fourth-order valence-electron chi connectivity index (χ4n) is 2.89. The van der Waals surface area contributed by atoms with Gasteiger partial charge >= 0.3 is 0 Å². The SMILES string of the molecule is Cc1nc(CNC(=O)[C@H]2CCC(=O)N(Cc3ccccn3)C2)sc1C. The molecule has 2 amide bonds. The third-order valence-corrected chi connectivity index (χ3v) is 5.51. The van der Waals surface area contributed by atoms with Crippen LogP contribution in [0.15, 0.2) is 24.4 Å².